The van der Waals surface area contributed by atoms with Gasteiger partial charge in [-0.3, -0.25) is 4.79 Å². The van der Waals surface area contributed by atoms with E-state index in [9.17, 15) is 13.2 Å². The van der Waals surface area contributed by atoms with Crippen LogP contribution < -0.4 is 10.0 Å². The molecule has 3 rings (SSSR count). The molecule has 0 aliphatic carbocycles. The lowest BCUT2D eigenvalue weighted by atomic mass is 10.2. The first-order chi connectivity index (χ1) is 14.9. The van der Waals surface area contributed by atoms with Gasteiger partial charge in [0.2, 0.25) is 15.9 Å². The van der Waals surface area contributed by atoms with Crippen molar-refractivity contribution >= 4 is 21.6 Å². The number of aromatic nitrogens is 1. The third-order valence-corrected chi connectivity index (χ3v) is 6.28. The third kappa shape index (κ3) is 6.52. The molecule has 3 N–H and O–H groups in total. The van der Waals surface area contributed by atoms with Gasteiger partial charge in [-0.05, 0) is 55.3 Å². The smallest absolute Gasteiger partial charge is 0.240 e. The molecule has 0 saturated heterocycles. The van der Waals surface area contributed by atoms with E-state index in [1.807, 2.05) is 42.5 Å². The number of methoxy groups -OCH3 is 1. The standard InChI is InChI=1S/C23H27N3O4S/c1-17(16-30-2)26-31(28,29)21-12-8-20(9-13-21)25-23(27)15-11-19-10-14-22(24-19)18-6-4-3-5-7-18/h3-10,12-14,17,24,26H,11,15-16H2,1-2H3,(H,25,27). The number of H-pyrrole nitrogens is 1. The van der Waals surface area contributed by atoms with E-state index in [2.05, 4.69) is 15.0 Å². The molecule has 1 unspecified atom stereocenters. The number of amides is 1. The van der Waals surface area contributed by atoms with Gasteiger partial charge in [-0.15, -0.1) is 0 Å². The molecule has 3 aromatic rings. The number of hydrogen-bond donors (Lipinski definition) is 3. The van der Waals surface area contributed by atoms with Gasteiger partial charge in [0.15, 0.2) is 0 Å². The van der Waals surface area contributed by atoms with E-state index in [0.29, 0.717) is 18.5 Å². The van der Waals surface area contributed by atoms with Crippen LogP contribution in [0.5, 0.6) is 0 Å². The van der Waals surface area contributed by atoms with Crippen LogP contribution in [0.15, 0.2) is 71.6 Å². The summed E-state index contributed by atoms with van der Waals surface area (Å²) >= 11 is 0. The molecule has 0 aliphatic heterocycles. The summed E-state index contributed by atoms with van der Waals surface area (Å²) in [6, 6.07) is 19.7. The monoisotopic (exact) mass is 441 g/mol. The Morgan fingerprint density at radius 3 is 2.42 bits per heavy atom. The fourth-order valence-corrected chi connectivity index (χ4v) is 4.41. The first-order valence-corrected chi connectivity index (χ1v) is 11.5. The lowest BCUT2D eigenvalue weighted by molar-refractivity contribution is -0.116. The molecular weight excluding hydrogens is 414 g/mol. The highest BCUT2D eigenvalue weighted by Gasteiger charge is 2.17. The minimum Gasteiger partial charge on any atom is -0.383 e. The Hall–Kier alpha value is -2.94. The van der Waals surface area contributed by atoms with Crippen LogP contribution in [0.1, 0.15) is 19.0 Å². The number of rotatable bonds is 10. The van der Waals surface area contributed by atoms with Gasteiger partial charge >= 0.3 is 0 Å². The molecule has 7 nitrogen and oxygen atoms in total. The third-order valence-electron chi connectivity index (χ3n) is 4.67. The van der Waals surface area contributed by atoms with E-state index in [0.717, 1.165) is 17.0 Å². The van der Waals surface area contributed by atoms with E-state index >= 15 is 0 Å². The number of anilines is 1. The fourth-order valence-electron chi connectivity index (χ4n) is 3.18. The highest BCUT2D eigenvalue weighted by atomic mass is 32.2. The van der Waals surface area contributed by atoms with Gasteiger partial charge in [0.1, 0.15) is 0 Å². The van der Waals surface area contributed by atoms with Crippen molar-refractivity contribution < 1.29 is 17.9 Å². The maximum atomic E-state index is 12.4. The van der Waals surface area contributed by atoms with Crippen LogP contribution in [-0.4, -0.2) is 39.1 Å². The van der Waals surface area contributed by atoms with E-state index in [1.165, 1.54) is 19.2 Å². The number of aromatic amines is 1. The van der Waals surface area contributed by atoms with Crippen LogP contribution >= 0.6 is 0 Å². The summed E-state index contributed by atoms with van der Waals surface area (Å²) < 4.78 is 32.2. The predicted molar refractivity (Wildman–Crippen MR) is 121 cm³/mol. The fraction of sp³-hybridized carbons (Fsp3) is 0.261. The van der Waals surface area contributed by atoms with Crippen molar-refractivity contribution in [1.82, 2.24) is 9.71 Å². The molecule has 0 bridgehead atoms. The van der Waals surface area contributed by atoms with Gasteiger partial charge in [0, 0.05) is 36.6 Å². The van der Waals surface area contributed by atoms with Crippen LogP contribution in [-0.2, 0) is 26.0 Å². The van der Waals surface area contributed by atoms with E-state index < -0.39 is 10.0 Å². The Bertz CT molecular complexity index is 1090. The molecule has 31 heavy (non-hydrogen) atoms. The number of sulfonamides is 1. The van der Waals surface area contributed by atoms with Crippen molar-refractivity contribution in [2.75, 3.05) is 19.0 Å². The first kappa shape index (κ1) is 22.7. The van der Waals surface area contributed by atoms with Crippen LogP contribution in [0.3, 0.4) is 0 Å². The maximum absolute atomic E-state index is 12.4. The molecule has 164 valence electrons. The van der Waals surface area contributed by atoms with Crippen molar-refractivity contribution in [3.63, 3.8) is 0 Å². The Balaban J connectivity index is 1.52. The summed E-state index contributed by atoms with van der Waals surface area (Å²) in [6.07, 6.45) is 0.886. The number of carbonyl (C=O) groups excluding carboxylic acids is 1. The maximum Gasteiger partial charge on any atom is 0.240 e. The summed E-state index contributed by atoms with van der Waals surface area (Å²) in [6.45, 7) is 2.00. The minimum atomic E-state index is -3.64. The molecule has 0 saturated carbocycles. The first-order valence-electron chi connectivity index (χ1n) is 10.0. The molecule has 2 aromatic carbocycles. The lowest BCUT2D eigenvalue weighted by Gasteiger charge is -2.13. The van der Waals surface area contributed by atoms with E-state index in [1.54, 1.807) is 19.1 Å². The normalized spacial score (nSPS) is 12.5. The topological polar surface area (TPSA) is 100 Å². The van der Waals surface area contributed by atoms with Crippen LogP contribution in [0.2, 0.25) is 0 Å². The number of nitrogens with one attached hydrogen (secondary N) is 3. The summed E-state index contributed by atoms with van der Waals surface area (Å²) in [5.41, 5.74) is 3.64. The molecular formula is C23H27N3O4S. The second-order valence-electron chi connectivity index (χ2n) is 7.31. The molecule has 0 aliphatic rings. The van der Waals surface area contributed by atoms with Crippen molar-refractivity contribution in [3.8, 4) is 11.3 Å². The Kier molecular flexibility index (Phi) is 7.62. The second-order valence-corrected chi connectivity index (χ2v) is 9.03. The highest BCUT2D eigenvalue weighted by Crippen LogP contribution is 2.19. The molecule has 0 radical (unpaired) electrons. The largest absolute Gasteiger partial charge is 0.383 e. The number of benzene rings is 2. The molecule has 1 heterocycles. The molecule has 1 amide bonds. The quantitative estimate of drug-likeness (QED) is 0.448. The van der Waals surface area contributed by atoms with Crippen molar-refractivity contribution in [2.24, 2.45) is 0 Å². The molecule has 1 aromatic heterocycles. The van der Waals surface area contributed by atoms with E-state index in [4.69, 9.17) is 4.74 Å². The number of hydrogen-bond acceptors (Lipinski definition) is 4. The molecule has 0 spiro atoms. The predicted octanol–water partition coefficient (Wildman–Crippen LogP) is 3.57. The Morgan fingerprint density at radius 2 is 1.74 bits per heavy atom. The van der Waals surface area contributed by atoms with Gasteiger partial charge < -0.3 is 15.0 Å². The van der Waals surface area contributed by atoms with Gasteiger partial charge in [-0.2, -0.15) is 0 Å². The van der Waals surface area contributed by atoms with E-state index in [-0.39, 0.29) is 23.5 Å². The number of ether oxygens (including phenoxy) is 1. The van der Waals surface area contributed by atoms with Crippen LogP contribution in [0.4, 0.5) is 5.69 Å². The van der Waals surface area contributed by atoms with Crippen molar-refractivity contribution in [2.45, 2.75) is 30.7 Å². The average Bonchev–Trinajstić information content (AvgIpc) is 3.22. The van der Waals surface area contributed by atoms with Gasteiger partial charge in [-0.25, -0.2) is 13.1 Å². The Labute approximate surface area is 182 Å². The molecule has 1 atom stereocenters. The number of aryl methyl sites for hydroxylation is 1. The minimum absolute atomic E-state index is 0.133. The van der Waals surface area contributed by atoms with Crippen molar-refractivity contribution in [3.05, 3.63) is 72.4 Å². The molecule has 0 fully saturated rings. The summed E-state index contributed by atoms with van der Waals surface area (Å²) in [5, 5.41) is 2.80. The molecule has 8 heteroatoms. The zero-order chi connectivity index (χ0) is 22.3. The second kappa shape index (κ2) is 10.4. The van der Waals surface area contributed by atoms with Crippen LogP contribution in [0, 0.1) is 0 Å². The zero-order valence-electron chi connectivity index (χ0n) is 17.6. The zero-order valence-corrected chi connectivity index (χ0v) is 18.4. The van der Waals surface area contributed by atoms with Gasteiger partial charge in [0.05, 0.1) is 11.5 Å². The average molecular weight is 442 g/mol. The number of carbonyl (C=O) groups is 1. The van der Waals surface area contributed by atoms with Gasteiger partial charge in [-0.1, -0.05) is 30.3 Å². The lowest BCUT2D eigenvalue weighted by Crippen LogP contribution is -2.35. The van der Waals surface area contributed by atoms with Crippen molar-refractivity contribution in [1.29, 1.82) is 0 Å². The SMILES string of the molecule is COCC(C)NS(=O)(=O)c1ccc(NC(=O)CCc2ccc(-c3ccccc3)[nH]2)cc1. The summed E-state index contributed by atoms with van der Waals surface area (Å²) in [4.78, 5) is 15.8. The Morgan fingerprint density at radius 1 is 1.03 bits per heavy atom. The van der Waals surface area contributed by atoms with Gasteiger partial charge in [0.25, 0.3) is 0 Å². The summed E-state index contributed by atoms with van der Waals surface area (Å²) in [7, 11) is -2.13. The highest BCUT2D eigenvalue weighted by molar-refractivity contribution is 7.89. The van der Waals surface area contributed by atoms with Crippen LogP contribution in [0.25, 0.3) is 11.3 Å². The summed E-state index contributed by atoms with van der Waals surface area (Å²) in [5.74, 6) is -0.140.